The Labute approximate surface area is 159 Å². The van der Waals surface area contributed by atoms with Gasteiger partial charge in [0.15, 0.2) is 0 Å². The lowest BCUT2D eigenvalue weighted by atomic mass is 10.1. The molecule has 0 aliphatic carbocycles. The number of rotatable bonds is 3. The van der Waals surface area contributed by atoms with Crippen molar-refractivity contribution < 1.29 is 13.6 Å². The smallest absolute Gasteiger partial charge is 0.327 e. The molecule has 5 nitrogen and oxygen atoms in total. The average molecular weight is 469 g/mol. The molecule has 25 heavy (non-hydrogen) atoms. The van der Waals surface area contributed by atoms with Gasteiger partial charge in [-0.15, -0.1) is 0 Å². The minimum atomic E-state index is -0.753. The molecule has 0 aliphatic rings. The van der Waals surface area contributed by atoms with Gasteiger partial charge in [0.05, 0.1) is 5.69 Å². The number of hydrogen-bond acceptors (Lipinski definition) is 3. The summed E-state index contributed by atoms with van der Waals surface area (Å²) in [7, 11) is 0. The number of aryl methyl sites for hydroxylation is 1. The summed E-state index contributed by atoms with van der Waals surface area (Å²) < 4.78 is 20.0. The van der Waals surface area contributed by atoms with Crippen LogP contribution in [0.3, 0.4) is 0 Å². The third kappa shape index (κ3) is 3.45. The predicted molar refractivity (Wildman–Crippen MR) is 100 cm³/mol. The van der Waals surface area contributed by atoms with Crippen molar-refractivity contribution in [3.63, 3.8) is 0 Å². The summed E-state index contributed by atoms with van der Waals surface area (Å²) in [6.45, 7) is 1.77. The molecule has 2 aromatic carbocycles. The van der Waals surface area contributed by atoms with Gasteiger partial charge in [-0.25, -0.2) is 14.1 Å². The topological polar surface area (TPSA) is 72.4 Å². The number of carbonyl (C=O) groups excluding carboxylic acids is 1. The Balaban J connectivity index is 2.08. The van der Waals surface area contributed by atoms with Crippen LogP contribution in [0, 0.1) is 12.7 Å². The molecule has 0 aliphatic heterocycles. The molecule has 0 bridgehead atoms. The number of nitrogens with zero attached hydrogens (tertiary/aromatic N) is 2. The quantitative estimate of drug-likeness (QED) is 0.549. The predicted octanol–water partition coefficient (Wildman–Crippen LogP) is 5.53. The second-order valence-corrected chi connectivity index (χ2v) is 6.93. The minimum Gasteiger partial charge on any atom is -0.431 e. The molecule has 0 unspecified atom stereocenters. The van der Waals surface area contributed by atoms with E-state index in [0.29, 0.717) is 31.5 Å². The Morgan fingerprint density at radius 1 is 1.24 bits per heavy atom. The van der Waals surface area contributed by atoms with Gasteiger partial charge in [-0.05, 0) is 74.7 Å². The van der Waals surface area contributed by atoms with Crippen LogP contribution in [0.25, 0.3) is 11.3 Å². The molecule has 0 saturated heterocycles. The molecule has 1 aromatic heterocycles. The number of amides is 2. The maximum atomic E-state index is 13.3. The van der Waals surface area contributed by atoms with E-state index in [1.54, 1.807) is 31.2 Å². The Kier molecular flexibility index (Phi) is 4.91. The summed E-state index contributed by atoms with van der Waals surface area (Å²) >= 11 is 6.79. The van der Waals surface area contributed by atoms with Gasteiger partial charge in [-0.2, -0.15) is 4.98 Å². The van der Waals surface area contributed by atoms with E-state index < -0.39 is 6.03 Å². The largest absolute Gasteiger partial charge is 0.431 e. The standard InChI is InChI=1S/C17H12Br2FN3O2/c1-9-7-10(20)5-6-11(9)14-8-25-17(22-14)23(16(21)24)15-12(18)3-2-4-13(15)19/h2-8H,1H3,(H2,21,24). The van der Waals surface area contributed by atoms with Crippen LogP contribution in [-0.4, -0.2) is 11.0 Å². The zero-order valence-corrected chi connectivity index (χ0v) is 16.1. The molecule has 128 valence electrons. The average Bonchev–Trinajstić information content (AvgIpc) is 2.99. The Morgan fingerprint density at radius 2 is 1.92 bits per heavy atom. The Bertz CT molecular complexity index is 939. The second kappa shape index (κ2) is 6.97. The van der Waals surface area contributed by atoms with E-state index in [2.05, 4.69) is 36.8 Å². The van der Waals surface area contributed by atoms with E-state index >= 15 is 0 Å². The summed E-state index contributed by atoms with van der Waals surface area (Å²) in [5.74, 6) is -0.333. The van der Waals surface area contributed by atoms with Crippen LogP contribution in [0.15, 0.2) is 56.0 Å². The molecular formula is C17H12Br2FN3O2. The number of halogens is 3. The van der Waals surface area contributed by atoms with E-state index in [4.69, 9.17) is 10.2 Å². The number of hydrogen-bond donors (Lipinski definition) is 1. The normalized spacial score (nSPS) is 10.7. The number of benzene rings is 2. The number of carbonyl (C=O) groups is 1. The number of anilines is 2. The summed E-state index contributed by atoms with van der Waals surface area (Å²) in [5.41, 5.74) is 7.88. The maximum absolute atomic E-state index is 13.3. The van der Waals surface area contributed by atoms with Gasteiger partial charge < -0.3 is 10.2 Å². The first-order valence-corrected chi connectivity index (χ1v) is 8.72. The lowest BCUT2D eigenvalue weighted by Gasteiger charge is -2.19. The van der Waals surface area contributed by atoms with Gasteiger partial charge in [-0.3, -0.25) is 0 Å². The van der Waals surface area contributed by atoms with Crippen molar-refractivity contribution in [2.45, 2.75) is 6.92 Å². The van der Waals surface area contributed by atoms with E-state index in [0.717, 1.165) is 4.90 Å². The van der Waals surface area contributed by atoms with Crippen molar-refractivity contribution >= 4 is 49.6 Å². The molecule has 0 saturated carbocycles. The number of primary amides is 1. The Hall–Kier alpha value is -2.19. The van der Waals surface area contributed by atoms with Gasteiger partial charge in [0.2, 0.25) is 0 Å². The number of oxazole rings is 1. The SMILES string of the molecule is Cc1cc(F)ccc1-c1coc(N(C(N)=O)c2c(Br)cccc2Br)n1. The zero-order chi connectivity index (χ0) is 18.1. The highest BCUT2D eigenvalue weighted by atomic mass is 79.9. The Morgan fingerprint density at radius 3 is 2.52 bits per heavy atom. The molecule has 8 heteroatoms. The fourth-order valence-electron chi connectivity index (χ4n) is 2.41. The number of nitrogens with two attached hydrogens (primary N) is 1. The lowest BCUT2D eigenvalue weighted by molar-refractivity contribution is 0.255. The monoisotopic (exact) mass is 467 g/mol. The molecule has 0 spiro atoms. The number of aromatic nitrogens is 1. The summed E-state index contributed by atoms with van der Waals surface area (Å²) in [4.78, 5) is 17.5. The van der Waals surface area contributed by atoms with Crippen LogP contribution in [0.1, 0.15) is 5.56 Å². The van der Waals surface area contributed by atoms with Crippen molar-refractivity contribution in [3.8, 4) is 11.3 Å². The van der Waals surface area contributed by atoms with Crippen molar-refractivity contribution in [1.29, 1.82) is 0 Å². The minimum absolute atomic E-state index is 0.0128. The van der Waals surface area contributed by atoms with E-state index in [1.807, 2.05) is 0 Å². The molecule has 3 rings (SSSR count). The van der Waals surface area contributed by atoms with Crippen LogP contribution in [-0.2, 0) is 0 Å². The van der Waals surface area contributed by atoms with Gasteiger partial charge in [0, 0.05) is 14.5 Å². The lowest BCUT2D eigenvalue weighted by Crippen LogP contribution is -2.32. The summed E-state index contributed by atoms with van der Waals surface area (Å²) in [6.07, 6.45) is 1.40. The van der Waals surface area contributed by atoms with Crippen LogP contribution in [0.4, 0.5) is 20.9 Å². The summed E-state index contributed by atoms with van der Waals surface area (Å²) in [5, 5.41) is 0. The number of para-hydroxylation sites is 1. The van der Waals surface area contributed by atoms with Gasteiger partial charge in [0.1, 0.15) is 17.8 Å². The van der Waals surface area contributed by atoms with Crippen molar-refractivity contribution in [1.82, 2.24) is 4.98 Å². The molecule has 0 fully saturated rings. The molecule has 0 radical (unpaired) electrons. The van der Waals surface area contributed by atoms with E-state index in [-0.39, 0.29) is 11.8 Å². The second-order valence-electron chi connectivity index (χ2n) is 5.22. The van der Waals surface area contributed by atoms with Crippen LogP contribution in [0.2, 0.25) is 0 Å². The molecule has 3 aromatic rings. The first kappa shape index (κ1) is 17.6. The van der Waals surface area contributed by atoms with Crippen molar-refractivity contribution in [2.75, 3.05) is 4.90 Å². The fraction of sp³-hybridized carbons (Fsp3) is 0.0588. The fourth-order valence-corrected chi connectivity index (χ4v) is 3.76. The highest BCUT2D eigenvalue weighted by Gasteiger charge is 2.25. The van der Waals surface area contributed by atoms with E-state index in [1.165, 1.54) is 18.4 Å². The van der Waals surface area contributed by atoms with E-state index in [9.17, 15) is 9.18 Å². The maximum Gasteiger partial charge on any atom is 0.327 e. The highest BCUT2D eigenvalue weighted by molar-refractivity contribution is 9.11. The summed E-state index contributed by atoms with van der Waals surface area (Å²) in [6, 6.07) is 8.95. The molecule has 0 atom stereocenters. The first-order chi connectivity index (χ1) is 11.9. The van der Waals surface area contributed by atoms with Crippen LogP contribution < -0.4 is 10.6 Å². The molecular weight excluding hydrogens is 457 g/mol. The highest BCUT2D eigenvalue weighted by Crippen LogP contribution is 2.38. The van der Waals surface area contributed by atoms with Crippen molar-refractivity contribution in [2.24, 2.45) is 5.73 Å². The number of urea groups is 1. The van der Waals surface area contributed by atoms with Gasteiger partial charge >= 0.3 is 12.0 Å². The zero-order valence-electron chi connectivity index (χ0n) is 13.0. The van der Waals surface area contributed by atoms with Crippen LogP contribution >= 0.6 is 31.9 Å². The third-order valence-corrected chi connectivity index (χ3v) is 4.81. The third-order valence-electron chi connectivity index (χ3n) is 3.53. The van der Waals surface area contributed by atoms with Gasteiger partial charge in [-0.1, -0.05) is 6.07 Å². The first-order valence-electron chi connectivity index (χ1n) is 7.14. The molecule has 2 amide bonds. The molecule has 2 N–H and O–H groups in total. The van der Waals surface area contributed by atoms with Crippen molar-refractivity contribution in [3.05, 3.63) is 63.0 Å². The van der Waals surface area contributed by atoms with Crippen LogP contribution in [0.5, 0.6) is 0 Å². The van der Waals surface area contributed by atoms with Gasteiger partial charge in [0.25, 0.3) is 0 Å². The molecule has 1 heterocycles.